The van der Waals surface area contributed by atoms with E-state index in [1.165, 1.54) is 13.2 Å². The van der Waals surface area contributed by atoms with Gasteiger partial charge in [-0.1, -0.05) is 18.2 Å². The highest BCUT2D eigenvalue weighted by Gasteiger charge is 2.16. The van der Waals surface area contributed by atoms with Crippen molar-refractivity contribution >= 4 is 22.6 Å². The van der Waals surface area contributed by atoms with Crippen LogP contribution in [0.1, 0.15) is 34.5 Å². The van der Waals surface area contributed by atoms with Crippen molar-refractivity contribution in [3.05, 3.63) is 89.5 Å². The number of aromatic nitrogens is 2. The number of fused-ring (bicyclic) bond motifs is 1. The number of nitrogens with zero attached hydrogens (tertiary/aromatic N) is 2. The fourth-order valence-electron chi connectivity index (χ4n) is 3.38. The number of benzene rings is 2. The molecule has 0 unspecified atom stereocenters. The molecule has 4 aromatic rings. The molecule has 0 aliphatic rings. The predicted molar refractivity (Wildman–Crippen MR) is 121 cm³/mol. The van der Waals surface area contributed by atoms with E-state index in [4.69, 9.17) is 9.47 Å². The minimum Gasteiger partial charge on any atom is -0.465 e. The van der Waals surface area contributed by atoms with Gasteiger partial charge in [-0.2, -0.15) is 0 Å². The van der Waals surface area contributed by atoms with Crippen molar-refractivity contribution in [2.75, 3.05) is 12.4 Å². The third-order valence-corrected chi connectivity index (χ3v) is 5.12. The maximum atomic E-state index is 14.3. The van der Waals surface area contributed by atoms with Gasteiger partial charge in [-0.3, -0.25) is 0 Å². The summed E-state index contributed by atoms with van der Waals surface area (Å²) >= 11 is 0. The third-order valence-electron chi connectivity index (χ3n) is 5.12. The minimum atomic E-state index is -0.466. The van der Waals surface area contributed by atoms with Crippen molar-refractivity contribution < 1.29 is 18.7 Å². The summed E-state index contributed by atoms with van der Waals surface area (Å²) in [6, 6.07) is 15.4. The molecule has 0 saturated heterocycles. The van der Waals surface area contributed by atoms with Crippen LogP contribution in [0, 0.1) is 12.7 Å². The van der Waals surface area contributed by atoms with E-state index in [2.05, 4.69) is 15.3 Å². The van der Waals surface area contributed by atoms with Crippen LogP contribution in [0.5, 0.6) is 11.6 Å². The third kappa shape index (κ3) is 4.37. The Balaban J connectivity index is 1.67. The summed E-state index contributed by atoms with van der Waals surface area (Å²) in [6.07, 6.45) is 3.30. The number of carbonyl (C=O) groups is 1. The average molecular weight is 431 g/mol. The van der Waals surface area contributed by atoms with Gasteiger partial charge < -0.3 is 14.8 Å². The molecule has 6 nitrogen and oxygen atoms in total. The highest BCUT2D eigenvalue weighted by molar-refractivity contribution is 5.96. The Morgan fingerprint density at radius 2 is 1.75 bits per heavy atom. The molecule has 4 rings (SSSR count). The maximum Gasteiger partial charge on any atom is 0.337 e. The van der Waals surface area contributed by atoms with Crippen molar-refractivity contribution in [1.82, 2.24) is 9.97 Å². The fraction of sp³-hybridized carbons (Fsp3) is 0.160. The van der Waals surface area contributed by atoms with Crippen LogP contribution in [-0.2, 0) is 4.74 Å². The van der Waals surface area contributed by atoms with E-state index in [1.807, 2.05) is 38.1 Å². The Morgan fingerprint density at radius 3 is 2.47 bits per heavy atom. The summed E-state index contributed by atoms with van der Waals surface area (Å²) in [7, 11) is 1.35. The first-order valence-electron chi connectivity index (χ1n) is 10.1. The first kappa shape index (κ1) is 21.2. The van der Waals surface area contributed by atoms with E-state index >= 15 is 0 Å². The zero-order chi connectivity index (χ0) is 22.7. The standard InChI is InChI=1S/C25H22FN3O3/c1-15-4-9-20(26)21(14-15)32-24-22-18(11-13-28-24)10-12-27-23(22)29-16(2)17-5-7-19(8-6-17)25(30)31-3/h4-14,16H,1-3H3,(H,27,29)/t16-/m0/s1. The highest BCUT2D eigenvalue weighted by Crippen LogP contribution is 2.34. The minimum absolute atomic E-state index is 0.103. The summed E-state index contributed by atoms with van der Waals surface area (Å²) in [5.74, 6) is 0.0706. The van der Waals surface area contributed by atoms with Gasteiger partial charge in [-0.25, -0.2) is 19.2 Å². The number of anilines is 1. The van der Waals surface area contributed by atoms with Crippen LogP contribution in [0.15, 0.2) is 67.0 Å². The number of carbonyl (C=O) groups excluding carboxylic acids is 1. The van der Waals surface area contributed by atoms with Crippen LogP contribution in [-0.4, -0.2) is 23.0 Å². The van der Waals surface area contributed by atoms with Crippen LogP contribution >= 0.6 is 0 Å². The van der Waals surface area contributed by atoms with Crippen LogP contribution in [0.2, 0.25) is 0 Å². The Morgan fingerprint density at radius 1 is 1.03 bits per heavy atom. The van der Waals surface area contributed by atoms with Gasteiger partial charge in [-0.15, -0.1) is 0 Å². The summed E-state index contributed by atoms with van der Waals surface area (Å²) in [5, 5.41) is 4.88. The lowest BCUT2D eigenvalue weighted by Crippen LogP contribution is -2.09. The highest BCUT2D eigenvalue weighted by atomic mass is 19.1. The molecule has 1 atom stereocenters. The molecule has 2 aromatic heterocycles. The molecule has 162 valence electrons. The van der Waals surface area contributed by atoms with Gasteiger partial charge >= 0.3 is 5.97 Å². The van der Waals surface area contributed by atoms with E-state index in [1.54, 1.807) is 36.7 Å². The van der Waals surface area contributed by atoms with Gasteiger partial charge in [0, 0.05) is 18.4 Å². The zero-order valence-electron chi connectivity index (χ0n) is 17.9. The van der Waals surface area contributed by atoms with Gasteiger partial charge in [0.1, 0.15) is 5.82 Å². The van der Waals surface area contributed by atoms with Gasteiger partial charge in [-0.05, 0) is 66.8 Å². The number of ether oxygens (including phenoxy) is 2. The molecular formula is C25H22FN3O3. The number of esters is 1. The summed E-state index contributed by atoms with van der Waals surface area (Å²) < 4.78 is 24.9. The van der Waals surface area contributed by atoms with Gasteiger partial charge in [0.15, 0.2) is 11.6 Å². The van der Waals surface area contributed by atoms with E-state index in [0.717, 1.165) is 16.5 Å². The monoisotopic (exact) mass is 431 g/mol. The molecule has 0 aliphatic carbocycles. The summed E-state index contributed by atoms with van der Waals surface area (Å²) in [6.45, 7) is 3.84. The Kier molecular flexibility index (Phi) is 5.98. The normalized spacial score (nSPS) is 11.8. The van der Waals surface area contributed by atoms with Crippen LogP contribution in [0.25, 0.3) is 10.8 Å². The lowest BCUT2D eigenvalue weighted by Gasteiger charge is -2.18. The number of halogens is 1. The number of aryl methyl sites for hydroxylation is 1. The average Bonchev–Trinajstić information content (AvgIpc) is 2.81. The molecular weight excluding hydrogens is 409 g/mol. The zero-order valence-corrected chi connectivity index (χ0v) is 17.9. The number of hydrogen-bond donors (Lipinski definition) is 1. The molecule has 0 saturated carbocycles. The Bertz CT molecular complexity index is 1270. The lowest BCUT2D eigenvalue weighted by atomic mass is 10.1. The van der Waals surface area contributed by atoms with E-state index in [9.17, 15) is 9.18 Å². The summed E-state index contributed by atoms with van der Waals surface area (Å²) in [4.78, 5) is 20.5. The first-order valence-corrected chi connectivity index (χ1v) is 10.1. The predicted octanol–water partition coefficient (Wildman–Crippen LogP) is 5.83. The Hall–Kier alpha value is -4.00. The molecule has 0 spiro atoms. The number of rotatable bonds is 6. The van der Waals surface area contributed by atoms with Crippen LogP contribution in [0.3, 0.4) is 0 Å². The van der Waals surface area contributed by atoms with Crippen molar-refractivity contribution in [3.63, 3.8) is 0 Å². The second kappa shape index (κ2) is 9.01. The largest absolute Gasteiger partial charge is 0.465 e. The first-order chi connectivity index (χ1) is 15.5. The van der Waals surface area contributed by atoms with Gasteiger partial charge in [0.05, 0.1) is 18.1 Å². The number of methoxy groups -OCH3 is 1. The SMILES string of the molecule is COC(=O)c1ccc([C@H](C)Nc2nccc3ccnc(Oc4cc(C)ccc4F)c23)cc1. The molecule has 0 amide bonds. The van der Waals surface area contributed by atoms with E-state index in [-0.39, 0.29) is 23.6 Å². The van der Waals surface area contributed by atoms with Crippen molar-refractivity contribution in [2.45, 2.75) is 19.9 Å². The second-order valence-corrected chi connectivity index (χ2v) is 7.39. The molecule has 0 fully saturated rings. The quantitative estimate of drug-likeness (QED) is 0.387. The summed E-state index contributed by atoms with van der Waals surface area (Å²) in [5.41, 5.74) is 2.31. The van der Waals surface area contributed by atoms with E-state index in [0.29, 0.717) is 16.8 Å². The second-order valence-electron chi connectivity index (χ2n) is 7.39. The van der Waals surface area contributed by atoms with Crippen molar-refractivity contribution in [1.29, 1.82) is 0 Å². The number of pyridine rings is 2. The molecule has 32 heavy (non-hydrogen) atoms. The van der Waals surface area contributed by atoms with Crippen molar-refractivity contribution in [2.24, 2.45) is 0 Å². The smallest absolute Gasteiger partial charge is 0.337 e. The van der Waals surface area contributed by atoms with Crippen molar-refractivity contribution in [3.8, 4) is 11.6 Å². The molecule has 0 bridgehead atoms. The van der Waals surface area contributed by atoms with Gasteiger partial charge in [0.2, 0.25) is 5.88 Å². The molecule has 2 aromatic carbocycles. The van der Waals surface area contributed by atoms with Crippen LogP contribution in [0.4, 0.5) is 10.2 Å². The number of nitrogens with one attached hydrogen (secondary N) is 1. The number of hydrogen-bond acceptors (Lipinski definition) is 6. The molecule has 0 radical (unpaired) electrons. The Labute approximate surface area is 185 Å². The van der Waals surface area contributed by atoms with Crippen LogP contribution < -0.4 is 10.1 Å². The molecule has 1 N–H and O–H groups in total. The molecule has 2 heterocycles. The molecule has 7 heteroatoms. The fourth-order valence-corrected chi connectivity index (χ4v) is 3.38. The maximum absolute atomic E-state index is 14.3. The van der Waals surface area contributed by atoms with E-state index < -0.39 is 5.82 Å². The molecule has 0 aliphatic heterocycles. The lowest BCUT2D eigenvalue weighted by molar-refractivity contribution is 0.0600. The van der Waals surface area contributed by atoms with Gasteiger partial charge in [0.25, 0.3) is 0 Å². The topological polar surface area (TPSA) is 73.3 Å².